The van der Waals surface area contributed by atoms with Crippen LogP contribution in [0.2, 0.25) is 0 Å². The normalized spacial score (nSPS) is 12.7. The predicted octanol–water partition coefficient (Wildman–Crippen LogP) is 0.107. The summed E-state index contributed by atoms with van der Waals surface area (Å²) in [7, 11) is 1.29. The number of carbonyl (C=O) groups is 1. The lowest BCUT2D eigenvalue weighted by Gasteiger charge is -2.02. The lowest BCUT2D eigenvalue weighted by molar-refractivity contribution is -0.139. The van der Waals surface area contributed by atoms with E-state index in [0.29, 0.717) is 0 Å². The molecule has 1 N–H and O–H groups in total. The Labute approximate surface area is 59.6 Å². The molecule has 0 amide bonds. The first kappa shape index (κ1) is 9.36. The second-order valence-corrected chi connectivity index (χ2v) is 1.99. The highest BCUT2D eigenvalue weighted by Gasteiger charge is 2.00. The summed E-state index contributed by atoms with van der Waals surface area (Å²) in [5.41, 5.74) is 0. The van der Waals surface area contributed by atoms with Crippen molar-refractivity contribution in [1.29, 1.82) is 0 Å². The van der Waals surface area contributed by atoms with Gasteiger partial charge in [0.15, 0.2) is 0 Å². The molecule has 3 nitrogen and oxygen atoms in total. The van der Waals surface area contributed by atoms with Crippen molar-refractivity contribution in [1.82, 2.24) is 5.32 Å². The van der Waals surface area contributed by atoms with Gasteiger partial charge in [0.1, 0.15) is 6.17 Å². The zero-order chi connectivity index (χ0) is 7.98. The van der Waals surface area contributed by atoms with Gasteiger partial charge in [-0.05, 0) is 6.92 Å². The monoisotopic (exact) mass is 149 g/mol. The topological polar surface area (TPSA) is 38.3 Å². The van der Waals surface area contributed by atoms with Crippen molar-refractivity contribution in [3.8, 4) is 0 Å². The van der Waals surface area contributed by atoms with Gasteiger partial charge in [0.05, 0.1) is 13.7 Å². The van der Waals surface area contributed by atoms with Gasteiger partial charge in [-0.3, -0.25) is 4.79 Å². The lowest BCUT2D eigenvalue weighted by Crippen LogP contribution is -2.28. The molecule has 0 saturated carbocycles. The standard InChI is InChI=1S/C6H12FNO2/c1-5(7)3-8-4-6(9)10-2/h5,8H,3-4H2,1-2H3. The van der Waals surface area contributed by atoms with Gasteiger partial charge in [0, 0.05) is 6.54 Å². The van der Waals surface area contributed by atoms with Gasteiger partial charge in [-0.25, -0.2) is 4.39 Å². The lowest BCUT2D eigenvalue weighted by atomic mass is 10.4. The van der Waals surface area contributed by atoms with Crippen molar-refractivity contribution >= 4 is 5.97 Å². The molecule has 0 fully saturated rings. The quantitative estimate of drug-likeness (QED) is 0.576. The SMILES string of the molecule is COC(=O)CNCC(C)F. The van der Waals surface area contributed by atoms with Crippen LogP contribution >= 0.6 is 0 Å². The van der Waals surface area contributed by atoms with Gasteiger partial charge < -0.3 is 10.1 Å². The molecule has 0 aliphatic carbocycles. The molecular weight excluding hydrogens is 137 g/mol. The van der Waals surface area contributed by atoms with Crippen molar-refractivity contribution in [3.05, 3.63) is 0 Å². The van der Waals surface area contributed by atoms with E-state index in [1.807, 2.05) is 0 Å². The Kier molecular flexibility index (Phi) is 4.84. The van der Waals surface area contributed by atoms with Crippen LogP contribution in [0.5, 0.6) is 0 Å². The highest BCUT2D eigenvalue weighted by Crippen LogP contribution is 1.82. The van der Waals surface area contributed by atoms with E-state index in [1.54, 1.807) is 0 Å². The smallest absolute Gasteiger partial charge is 0.319 e. The number of hydrogen-bond donors (Lipinski definition) is 1. The Morgan fingerprint density at radius 2 is 2.40 bits per heavy atom. The molecule has 0 radical (unpaired) electrons. The summed E-state index contributed by atoms with van der Waals surface area (Å²) in [5.74, 6) is -0.374. The summed E-state index contributed by atoms with van der Waals surface area (Å²) < 4.78 is 16.3. The molecule has 0 spiro atoms. The average molecular weight is 149 g/mol. The van der Waals surface area contributed by atoms with E-state index < -0.39 is 6.17 Å². The second-order valence-electron chi connectivity index (χ2n) is 1.99. The maximum Gasteiger partial charge on any atom is 0.319 e. The van der Waals surface area contributed by atoms with Gasteiger partial charge in [0.25, 0.3) is 0 Å². The molecule has 0 aromatic heterocycles. The van der Waals surface area contributed by atoms with E-state index in [-0.39, 0.29) is 19.1 Å². The maximum absolute atomic E-state index is 12.0. The first-order valence-electron chi connectivity index (χ1n) is 3.08. The van der Waals surface area contributed by atoms with Crippen LogP contribution in [0.4, 0.5) is 4.39 Å². The Morgan fingerprint density at radius 1 is 1.80 bits per heavy atom. The summed E-state index contributed by atoms with van der Waals surface area (Å²) in [6.45, 7) is 1.68. The molecule has 0 aliphatic heterocycles. The van der Waals surface area contributed by atoms with Crippen molar-refractivity contribution in [3.63, 3.8) is 0 Å². The van der Waals surface area contributed by atoms with Crippen LogP contribution in [0.1, 0.15) is 6.92 Å². The number of carbonyl (C=O) groups excluding carboxylic acids is 1. The number of ether oxygens (including phenoxy) is 1. The molecule has 60 valence electrons. The highest BCUT2D eigenvalue weighted by atomic mass is 19.1. The van der Waals surface area contributed by atoms with E-state index in [1.165, 1.54) is 14.0 Å². The van der Waals surface area contributed by atoms with Crippen LogP contribution in [-0.4, -0.2) is 32.3 Å². The molecule has 0 aliphatic rings. The molecule has 10 heavy (non-hydrogen) atoms. The predicted molar refractivity (Wildman–Crippen MR) is 35.5 cm³/mol. The van der Waals surface area contributed by atoms with E-state index >= 15 is 0 Å². The number of alkyl halides is 1. The van der Waals surface area contributed by atoms with E-state index in [0.717, 1.165) is 0 Å². The fourth-order valence-corrected chi connectivity index (χ4v) is 0.445. The van der Waals surface area contributed by atoms with E-state index in [4.69, 9.17) is 0 Å². The zero-order valence-electron chi connectivity index (χ0n) is 6.19. The minimum atomic E-state index is -0.926. The molecule has 1 atom stereocenters. The third kappa shape index (κ3) is 5.50. The first-order chi connectivity index (χ1) is 4.66. The molecule has 0 saturated heterocycles. The fraction of sp³-hybridized carbons (Fsp3) is 0.833. The number of esters is 1. The molecular formula is C6H12FNO2. The van der Waals surface area contributed by atoms with Crippen LogP contribution in [0, 0.1) is 0 Å². The molecule has 0 aromatic carbocycles. The number of halogens is 1. The van der Waals surface area contributed by atoms with Crippen LogP contribution in [-0.2, 0) is 9.53 Å². The molecule has 4 heteroatoms. The van der Waals surface area contributed by atoms with Gasteiger partial charge in [-0.15, -0.1) is 0 Å². The number of methoxy groups -OCH3 is 1. The van der Waals surface area contributed by atoms with Crippen molar-refractivity contribution in [2.24, 2.45) is 0 Å². The van der Waals surface area contributed by atoms with E-state index in [9.17, 15) is 9.18 Å². The maximum atomic E-state index is 12.0. The summed E-state index contributed by atoms with van der Waals surface area (Å²) in [6.07, 6.45) is -0.926. The minimum absolute atomic E-state index is 0.0742. The van der Waals surface area contributed by atoms with Crippen molar-refractivity contribution in [2.75, 3.05) is 20.2 Å². The number of nitrogens with one attached hydrogen (secondary N) is 1. The zero-order valence-corrected chi connectivity index (χ0v) is 6.19. The Morgan fingerprint density at radius 3 is 2.80 bits per heavy atom. The molecule has 0 aromatic rings. The first-order valence-corrected chi connectivity index (χ1v) is 3.08. The molecule has 1 unspecified atom stereocenters. The number of hydrogen-bond acceptors (Lipinski definition) is 3. The summed E-state index contributed by atoms with van der Waals surface area (Å²) in [5, 5.41) is 2.59. The third-order valence-electron chi connectivity index (χ3n) is 0.923. The Hall–Kier alpha value is -0.640. The third-order valence-corrected chi connectivity index (χ3v) is 0.923. The number of rotatable bonds is 4. The Bertz CT molecular complexity index is 106. The average Bonchev–Trinajstić information content (AvgIpc) is 1.87. The highest BCUT2D eigenvalue weighted by molar-refractivity contribution is 5.71. The van der Waals surface area contributed by atoms with E-state index in [2.05, 4.69) is 10.1 Å². The van der Waals surface area contributed by atoms with Crippen LogP contribution in [0.3, 0.4) is 0 Å². The van der Waals surface area contributed by atoms with Gasteiger partial charge in [-0.1, -0.05) is 0 Å². The molecule has 0 heterocycles. The summed E-state index contributed by atoms with van der Waals surface area (Å²) in [4.78, 5) is 10.4. The largest absolute Gasteiger partial charge is 0.468 e. The summed E-state index contributed by atoms with van der Waals surface area (Å²) >= 11 is 0. The van der Waals surface area contributed by atoms with Crippen molar-refractivity contribution in [2.45, 2.75) is 13.1 Å². The van der Waals surface area contributed by atoms with Crippen molar-refractivity contribution < 1.29 is 13.9 Å². The van der Waals surface area contributed by atoms with Crippen LogP contribution in [0.15, 0.2) is 0 Å². The Balaban J connectivity index is 3.12. The van der Waals surface area contributed by atoms with Gasteiger partial charge in [0.2, 0.25) is 0 Å². The minimum Gasteiger partial charge on any atom is -0.468 e. The van der Waals surface area contributed by atoms with Crippen LogP contribution in [0.25, 0.3) is 0 Å². The van der Waals surface area contributed by atoms with Crippen LogP contribution < -0.4 is 5.32 Å². The summed E-state index contributed by atoms with van der Waals surface area (Å²) in [6, 6.07) is 0. The molecule has 0 bridgehead atoms. The van der Waals surface area contributed by atoms with Gasteiger partial charge in [-0.2, -0.15) is 0 Å². The molecule has 0 rings (SSSR count). The van der Waals surface area contributed by atoms with Gasteiger partial charge >= 0.3 is 5.97 Å². The fourth-order valence-electron chi connectivity index (χ4n) is 0.445. The second kappa shape index (κ2) is 5.17.